The van der Waals surface area contributed by atoms with E-state index in [4.69, 9.17) is 14.5 Å². The second-order valence-electron chi connectivity index (χ2n) is 9.85. The molecule has 0 aliphatic heterocycles. The Morgan fingerprint density at radius 1 is 0.955 bits per heavy atom. The lowest BCUT2D eigenvalue weighted by atomic mass is 9.99. The molecule has 3 aromatic heterocycles. The van der Waals surface area contributed by atoms with Crippen molar-refractivity contribution >= 4 is 39.3 Å². The van der Waals surface area contributed by atoms with Crippen molar-refractivity contribution in [2.75, 3.05) is 19.0 Å². The van der Waals surface area contributed by atoms with E-state index in [0.29, 0.717) is 39.8 Å². The number of pyridine rings is 2. The lowest BCUT2D eigenvalue weighted by Crippen LogP contribution is -2.19. The Morgan fingerprint density at radius 2 is 1.77 bits per heavy atom. The van der Waals surface area contributed by atoms with Crippen LogP contribution in [-0.2, 0) is 7.05 Å². The van der Waals surface area contributed by atoms with Crippen LogP contribution < -0.4 is 20.1 Å². The molecule has 6 aromatic rings. The molecular formula is C32H25F3N6O3. The van der Waals surface area contributed by atoms with Crippen LogP contribution in [0.25, 0.3) is 32.9 Å². The molecule has 12 heteroatoms. The van der Waals surface area contributed by atoms with Crippen molar-refractivity contribution in [1.82, 2.24) is 24.8 Å². The highest BCUT2D eigenvalue weighted by atomic mass is 19.4. The van der Waals surface area contributed by atoms with Gasteiger partial charge in [-0.3, -0.25) is 14.8 Å². The molecule has 0 aliphatic rings. The van der Waals surface area contributed by atoms with Crippen LogP contribution >= 0.6 is 0 Å². The monoisotopic (exact) mass is 598 g/mol. The van der Waals surface area contributed by atoms with E-state index in [0.717, 1.165) is 16.3 Å². The van der Waals surface area contributed by atoms with Gasteiger partial charge in [-0.2, -0.15) is 13.2 Å². The Morgan fingerprint density at radius 3 is 2.59 bits per heavy atom. The zero-order chi connectivity index (χ0) is 30.8. The number of fused-ring (bicyclic) bond motifs is 2. The van der Waals surface area contributed by atoms with Gasteiger partial charge in [0, 0.05) is 67.0 Å². The Hall–Kier alpha value is -5.65. The lowest BCUT2D eigenvalue weighted by Gasteiger charge is -2.16. The first kappa shape index (κ1) is 28.5. The van der Waals surface area contributed by atoms with E-state index < -0.39 is 12.8 Å². The molecule has 6 rings (SSSR count). The summed E-state index contributed by atoms with van der Waals surface area (Å²) in [7, 11) is 3.36. The van der Waals surface area contributed by atoms with Crippen molar-refractivity contribution in [3.63, 3.8) is 0 Å². The zero-order valence-electron chi connectivity index (χ0n) is 23.5. The highest BCUT2D eigenvalue weighted by molar-refractivity contribution is 5.98. The number of alkyl halides is 3. The average Bonchev–Trinajstić information content (AvgIpc) is 3.33. The predicted octanol–water partition coefficient (Wildman–Crippen LogP) is 7.02. The van der Waals surface area contributed by atoms with Gasteiger partial charge in [-0.1, -0.05) is 24.3 Å². The molecule has 0 spiro atoms. The highest BCUT2D eigenvalue weighted by Crippen LogP contribution is 2.38. The molecule has 44 heavy (non-hydrogen) atoms. The van der Waals surface area contributed by atoms with Gasteiger partial charge in [0.15, 0.2) is 6.61 Å². The number of halogens is 3. The molecule has 0 bridgehead atoms. The Balaban J connectivity index is 1.32. The summed E-state index contributed by atoms with van der Waals surface area (Å²) in [6.45, 7) is -1.42. The Bertz CT molecular complexity index is 2000. The number of anilines is 2. The fraction of sp³-hybridized carbons (Fsp3) is 0.125. The van der Waals surface area contributed by atoms with Gasteiger partial charge in [-0.15, -0.1) is 0 Å². The van der Waals surface area contributed by atoms with Crippen molar-refractivity contribution in [1.29, 1.82) is 0 Å². The maximum absolute atomic E-state index is 13.1. The van der Waals surface area contributed by atoms with E-state index in [1.54, 1.807) is 48.8 Å². The minimum atomic E-state index is -4.50. The number of nitrogens with one attached hydrogen (secondary N) is 2. The molecule has 9 nitrogen and oxygen atoms in total. The van der Waals surface area contributed by atoms with E-state index >= 15 is 0 Å². The number of carbonyl (C=O) groups excluding carboxylic acids is 1. The standard InChI is InChI=1S/C32H25F3N6O3/c1-36-30(42)27-15-22(11-12-38-27)44-21-8-9-28-26(14-21)40-31(41(28)2)39-20-7-10-29(43-18-32(33,34)35)24(13-20)25-17-37-16-19-5-3-4-6-23(19)25/h3-17H,18H2,1-2H3,(H,36,42)(H,39,40). The summed E-state index contributed by atoms with van der Waals surface area (Å²) in [5.74, 6) is 1.19. The number of nitrogens with zero attached hydrogens (tertiary/aromatic N) is 4. The van der Waals surface area contributed by atoms with Gasteiger partial charge in [-0.05, 0) is 41.8 Å². The van der Waals surface area contributed by atoms with E-state index in [9.17, 15) is 18.0 Å². The topological polar surface area (TPSA) is 103 Å². The van der Waals surface area contributed by atoms with Crippen molar-refractivity contribution in [3.8, 4) is 28.4 Å². The summed E-state index contributed by atoms with van der Waals surface area (Å²) < 4.78 is 52.2. The number of ether oxygens (including phenoxy) is 2. The molecule has 0 fully saturated rings. The molecule has 0 saturated heterocycles. The SMILES string of the molecule is CNC(=O)c1cc(Oc2ccc3c(c2)nc(Nc2ccc(OCC(F)(F)F)c(-c4cncc5ccccc45)c2)n3C)ccn1. The van der Waals surface area contributed by atoms with Crippen molar-refractivity contribution < 1.29 is 27.4 Å². The van der Waals surface area contributed by atoms with Gasteiger partial charge < -0.3 is 24.7 Å². The van der Waals surface area contributed by atoms with Crippen LogP contribution in [0.4, 0.5) is 24.8 Å². The largest absolute Gasteiger partial charge is 0.483 e. The molecule has 3 aromatic carbocycles. The van der Waals surface area contributed by atoms with Gasteiger partial charge in [0.05, 0.1) is 11.0 Å². The minimum Gasteiger partial charge on any atom is -0.483 e. The third kappa shape index (κ3) is 5.95. The summed E-state index contributed by atoms with van der Waals surface area (Å²) in [6, 6.07) is 20.9. The van der Waals surface area contributed by atoms with Crippen LogP contribution in [0.15, 0.2) is 91.4 Å². The second kappa shape index (κ2) is 11.6. The van der Waals surface area contributed by atoms with Crippen molar-refractivity contribution in [3.05, 3.63) is 97.1 Å². The number of benzene rings is 3. The fourth-order valence-electron chi connectivity index (χ4n) is 4.78. The number of aryl methyl sites for hydroxylation is 1. The minimum absolute atomic E-state index is 0.0773. The summed E-state index contributed by atoms with van der Waals surface area (Å²) in [4.78, 5) is 25.0. The molecule has 0 unspecified atom stereocenters. The normalized spacial score (nSPS) is 11.5. The number of aromatic nitrogens is 4. The van der Waals surface area contributed by atoms with E-state index in [-0.39, 0.29) is 17.4 Å². The first-order valence-electron chi connectivity index (χ1n) is 13.4. The first-order chi connectivity index (χ1) is 21.2. The summed E-state index contributed by atoms with van der Waals surface area (Å²) in [6.07, 6.45) is 0.303. The maximum atomic E-state index is 13.1. The van der Waals surface area contributed by atoms with Crippen molar-refractivity contribution in [2.24, 2.45) is 7.05 Å². The van der Waals surface area contributed by atoms with Crippen molar-refractivity contribution in [2.45, 2.75) is 6.18 Å². The number of hydrogen-bond donors (Lipinski definition) is 2. The molecule has 2 N–H and O–H groups in total. The third-order valence-corrected chi connectivity index (χ3v) is 6.86. The molecule has 3 heterocycles. The molecule has 0 saturated carbocycles. The zero-order valence-corrected chi connectivity index (χ0v) is 23.5. The molecule has 1 amide bonds. The summed E-state index contributed by atoms with van der Waals surface area (Å²) in [5, 5.41) is 7.47. The quantitative estimate of drug-likeness (QED) is 0.194. The molecule has 0 radical (unpaired) electrons. The lowest BCUT2D eigenvalue weighted by molar-refractivity contribution is -0.153. The number of amides is 1. The van der Waals surface area contributed by atoms with E-state index in [2.05, 4.69) is 20.6 Å². The van der Waals surface area contributed by atoms with Crippen LogP contribution in [0.1, 0.15) is 10.5 Å². The van der Waals surface area contributed by atoms with Crippen LogP contribution in [-0.4, -0.2) is 45.3 Å². The fourth-order valence-corrected chi connectivity index (χ4v) is 4.78. The van der Waals surface area contributed by atoms with Crippen LogP contribution in [0, 0.1) is 0 Å². The molecular weight excluding hydrogens is 573 g/mol. The van der Waals surface area contributed by atoms with Gasteiger partial charge >= 0.3 is 6.18 Å². The summed E-state index contributed by atoms with van der Waals surface area (Å²) >= 11 is 0. The Labute approximate surface area is 249 Å². The molecule has 0 aliphatic carbocycles. The highest BCUT2D eigenvalue weighted by Gasteiger charge is 2.29. The Kier molecular flexibility index (Phi) is 7.48. The smallest absolute Gasteiger partial charge is 0.422 e. The van der Waals surface area contributed by atoms with Gasteiger partial charge in [0.2, 0.25) is 5.95 Å². The summed E-state index contributed by atoms with van der Waals surface area (Å²) in [5.41, 5.74) is 3.34. The predicted molar refractivity (Wildman–Crippen MR) is 160 cm³/mol. The first-order valence-corrected chi connectivity index (χ1v) is 13.4. The number of imidazole rings is 1. The average molecular weight is 599 g/mol. The van der Waals surface area contributed by atoms with Crippen LogP contribution in [0.2, 0.25) is 0 Å². The maximum Gasteiger partial charge on any atom is 0.422 e. The van der Waals surface area contributed by atoms with Gasteiger partial charge in [0.25, 0.3) is 5.91 Å². The number of rotatable bonds is 8. The second-order valence-corrected chi connectivity index (χ2v) is 9.85. The molecule has 222 valence electrons. The van der Waals surface area contributed by atoms with Gasteiger partial charge in [-0.25, -0.2) is 4.98 Å². The van der Waals surface area contributed by atoms with Crippen LogP contribution in [0.3, 0.4) is 0 Å². The third-order valence-electron chi connectivity index (χ3n) is 6.86. The van der Waals surface area contributed by atoms with E-state index in [1.807, 2.05) is 41.9 Å². The number of carbonyl (C=O) groups is 1. The van der Waals surface area contributed by atoms with E-state index in [1.165, 1.54) is 19.3 Å². The molecule has 0 atom stereocenters. The number of hydrogen-bond acceptors (Lipinski definition) is 7. The van der Waals surface area contributed by atoms with Gasteiger partial charge in [0.1, 0.15) is 22.9 Å². The van der Waals surface area contributed by atoms with Crippen LogP contribution in [0.5, 0.6) is 17.2 Å².